The monoisotopic (exact) mass is 482 g/mol. The van der Waals surface area contributed by atoms with Gasteiger partial charge in [0.15, 0.2) is 0 Å². The Bertz CT molecular complexity index is 686. The molecule has 23 heavy (non-hydrogen) atoms. The number of halogens is 4. The van der Waals surface area contributed by atoms with Crippen LogP contribution in [0.1, 0.15) is 15.9 Å². The minimum atomic E-state index is -1.71. The first-order valence-electron chi connectivity index (χ1n) is 6.72. The molecule has 7 heteroatoms. The molecular weight excluding hydrogens is 469 g/mol. The summed E-state index contributed by atoms with van der Waals surface area (Å²) in [5.74, 6) is -0.320. The summed E-state index contributed by atoms with van der Waals surface area (Å²) in [7, 11) is 0. The standard InChI is InChI=1S/C16H14Cl3IN2O/c1-10-5-7-13(8-6-10)21-15(16(17,18)19)22-14(23)11-3-2-4-12(20)9-11/h2-9,15,21H,1H3,(H,22,23)/t15-/m1/s1. The van der Waals surface area contributed by atoms with Gasteiger partial charge < -0.3 is 10.6 Å². The number of carbonyl (C=O) groups is 1. The van der Waals surface area contributed by atoms with Crippen LogP contribution in [-0.4, -0.2) is 15.9 Å². The van der Waals surface area contributed by atoms with Crippen LogP contribution >= 0.6 is 57.4 Å². The fraction of sp³-hybridized carbons (Fsp3) is 0.188. The van der Waals surface area contributed by atoms with E-state index < -0.39 is 9.96 Å². The summed E-state index contributed by atoms with van der Waals surface area (Å²) >= 11 is 20.1. The summed E-state index contributed by atoms with van der Waals surface area (Å²) in [6.45, 7) is 1.98. The van der Waals surface area contributed by atoms with Crippen LogP contribution < -0.4 is 10.6 Å². The summed E-state index contributed by atoms with van der Waals surface area (Å²) < 4.78 is -0.755. The Morgan fingerprint density at radius 1 is 1.13 bits per heavy atom. The number of aryl methyl sites for hydroxylation is 1. The van der Waals surface area contributed by atoms with Gasteiger partial charge in [-0.15, -0.1) is 0 Å². The van der Waals surface area contributed by atoms with Crippen molar-refractivity contribution in [3.05, 3.63) is 63.2 Å². The minimum Gasteiger partial charge on any atom is -0.362 e. The first kappa shape index (κ1) is 18.6. The van der Waals surface area contributed by atoms with Gasteiger partial charge in [0.25, 0.3) is 5.91 Å². The quantitative estimate of drug-likeness (QED) is 0.359. The van der Waals surface area contributed by atoms with E-state index in [0.717, 1.165) is 14.8 Å². The molecule has 1 atom stereocenters. The Kier molecular flexibility index (Phi) is 6.42. The number of benzene rings is 2. The molecule has 0 aliphatic heterocycles. The van der Waals surface area contributed by atoms with Crippen LogP contribution in [0.5, 0.6) is 0 Å². The van der Waals surface area contributed by atoms with Gasteiger partial charge in [0.05, 0.1) is 0 Å². The second kappa shape index (κ2) is 7.92. The van der Waals surface area contributed by atoms with Crippen LogP contribution in [0, 0.1) is 10.5 Å². The first-order valence-corrected chi connectivity index (χ1v) is 8.93. The van der Waals surface area contributed by atoms with Gasteiger partial charge in [-0.3, -0.25) is 4.79 Å². The zero-order chi connectivity index (χ0) is 17.0. The maximum absolute atomic E-state index is 12.4. The van der Waals surface area contributed by atoms with Crippen molar-refractivity contribution in [2.75, 3.05) is 5.32 Å². The second-order valence-electron chi connectivity index (χ2n) is 4.97. The molecule has 0 unspecified atom stereocenters. The van der Waals surface area contributed by atoms with E-state index in [9.17, 15) is 4.79 Å². The minimum absolute atomic E-state index is 0.320. The number of hydrogen-bond donors (Lipinski definition) is 2. The van der Waals surface area contributed by atoms with Crippen molar-refractivity contribution in [1.82, 2.24) is 5.32 Å². The fourth-order valence-corrected chi connectivity index (χ4v) is 2.73. The van der Waals surface area contributed by atoms with E-state index in [2.05, 4.69) is 33.2 Å². The van der Waals surface area contributed by atoms with Crippen LogP contribution in [-0.2, 0) is 0 Å². The predicted octanol–water partition coefficient (Wildman–Crippen LogP) is 5.14. The van der Waals surface area contributed by atoms with Gasteiger partial charge in [0.1, 0.15) is 6.17 Å². The maximum atomic E-state index is 12.4. The lowest BCUT2D eigenvalue weighted by atomic mass is 10.2. The number of carbonyl (C=O) groups excluding carboxylic acids is 1. The van der Waals surface area contributed by atoms with E-state index in [1.54, 1.807) is 18.2 Å². The van der Waals surface area contributed by atoms with Gasteiger partial charge in [0.2, 0.25) is 3.79 Å². The van der Waals surface area contributed by atoms with E-state index in [-0.39, 0.29) is 5.91 Å². The Morgan fingerprint density at radius 3 is 2.35 bits per heavy atom. The molecule has 0 aromatic heterocycles. The third kappa shape index (κ3) is 5.71. The van der Waals surface area contributed by atoms with Gasteiger partial charge >= 0.3 is 0 Å². The van der Waals surface area contributed by atoms with E-state index >= 15 is 0 Å². The summed E-state index contributed by atoms with van der Waals surface area (Å²) in [5.41, 5.74) is 2.36. The van der Waals surface area contributed by atoms with Crippen LogP contribution in [0.25, 0.3) is 0 Å². The first-order chi connectivity index (χ1) is 10.8. The van der Waals surface area contributed by atoms with E-state index in [0.29, 0.717) is 5.56 Å². The molecule has 2 aromatic rings. The van der Waals surface area contributed by atoms with Gasteiger partial charge in [-0.05, 0) is 59.8 Å². The summed E-state index contributed by atoms with van der Waals surface area (Å²) in [4.78, 5) is 12.4. The highest BCUT2D eigenvalue weighted by atomic mass is 127. The largest absolute Gasteiger partial charge is 0.362 e. The molecule has 0 saturated heterocycles. The highest BCUT2D eigenvalue weighted by molar-refractivity contribution is 14.1. The van der Waals surface area contributed by atoms with Crippen LogP contribution in [0.15, 0.2) is 48.5 Å². The molecule has 1 amide bonds. The third-order valence-electron chi connectivity index (χ3n) is 3.05. The van der Waals surface area contributed by atoms with E-state index in [4.69, 9.17) is 34.8 Å². The zero-order valence-electron chi connectivity index (χ0n) is 12.1. The Labute approximate surface area is 163 Å². The molecule has 2 rings (SSSR count). The molecule has 0 bridgehead atoms. The highest BCUT2D eigenvalue weighted by Crippen LogP contribution is 2.31. The Balaban J connectivity index is 2.16. The topological polar surface area (TPSA) is 41.1 Å². The molecule has 0 spiro atoms. The van der Waals surface area contributed by atoms with Crippen molar-refractivity contribution >= 4 is 69.0 Å². The fourth-order valence-electron chi connectivity index (χ4n) is 1.86. The molecular formula is C16H14Cl3IN2O. The zero-order valence-corrected chi connectivity index (χ0v) is 16.5. The summed E-state index contributed by atoms with van der Waals surface area (Å²) in [5, 5.41) is 5.75. The molecule has 3 nitrogen and oxygen atoms in total. The molecule has 0 aliphatic rings. The number of alkyl halides is 3. The highest BCUT2D eigenvalue weighted by Gasteiger charge is 2.34. The SMILES string of the molecule is Cc1ccc(N[C@H](NC(=O)c2cccc(I)c2)C(Cl)(Cl)Cl)cc1. The molecule has 0 saturated carbocycles. The molecule has 2 N–H and O–H groups in total. The predicted molar refractivity (Wildman–Crippen MR) is 106 cm³/mol. The van der Waals surface area contributed by atoms with Crippen molar-refractivity contribution < 1.29 is 4.79 Å². The van der Waals surface area contributed by atoms with Gasteiger partial charge in [-0.1, -0.05) is 58.6 Å². The molecule has 0 aliphatic carbocycles. The smallest absolute Gasteiger partial charge is 0.253 e. The van der Waals surface area contributed by atoms with E-state index in [1.165, 1.54) is 0 Å². The summed E-state index contributed by atoms with van der Waals surface area (Å²) in [6, 6.07) is 14.7. The van der Waals surface area contributed by atoms with Crippen LogP contribution in [0.4, 0.5) is 5.69 Å². The van der Waals surface area contributed by atoms with Crippen molar-refractivity contribution in [1.29, 1.82) is 0 Å². The van der Waals surface area contributed by atoms with Crippen LogP contribution in [0.2, 0.25) is 0 Å². The Hall–Kier alpha value is -0.690. The normalized spacial score (nSPS) is 12.6. The number of hydrogen-bond acceptors (Lipinski definition) is 2. The van der Waals surface area contributed by atoms with Crippen LogP contribution in [0.3, 0.4) is 0 Å². The average molecular weight is 484 g/mol. The molecule has 0 heterocycles. The molecule has 122 valence electrons. The average Bonchev–Trinajstić information content (AvgIpc) is 2.47. The van der Waals surface area contributed by atoms with Crippen molar-refractivity contribution in [2.45, 2.75) is 16.9 Å². The second-order valence-corrected chi connectivity index (χ2v) is 8.58. The van der Waals surface area contributed by atoms with Gasteiger partial charge in [-0.2, -0.15) is 0 Å². The van der Waals surface area contributed by atoms with Gasteiger partial charge in [-0.25, -0.2) is 0 Å². The van der Waals surface area contributed by atoms with E-state index in [1.807, 2.05) is 37.3 Å². The number of nitrogens with one attached hydrogen (secondary N) is 2. The van der Waals surface area contributed by atoms with Crippen molar-refractivity contribution in [3.63, 3.8) is 0 Å². The third-order valence-corrected chi connectivity index (χ3v) is 4.38. The lowest BCUT2D eigenvalue weighted by molar-refractivity contribution is 0.0942. The Morgan fingerprint density at radius 2 is 1.78 bits per heavy atom. The maximum Gasteiger partial charge on any atom is 0.253 e. The van der Waals surface area contributed by atoms with Crippen molar-refractivity contribution in [3.8, 4) is 0 Å². The molecule has 0 fully saturated rings. The summed E-state index contributed by atoms with van der Waals surface area (Å²) in [6.07, 6.45) is -0.874. The number of amides is 1. The number of anilines is 1. The number of rotatable bonds is 4. The van der Waals surface area contributed by atoms with Crippen molar-refractivity contribution in [2.24, 2.45) is 0 Å². The molecule has 0 radical (unpaired) electrons. The molecule has 2 aromatic carbocycles. The lowest BCUT2D eigenvalue weighted by Gasteiger charge is -2.27. The van der Waals surface area contributed by atoms with Gasteiger partial charge in [0, 0.05) is 14.8 Å². The lowest BCUT2D eigenvalue weighted by Crippen LogP contribution is -2.49.